The van der Waals surface area contributed by atoms with Crippen molar-refractivity contribution in [2.75, 3.05) is 0 Å². The number of benzene rings is 1. The molecule has 0 atom stereocenters. The van der Waals surface area contributed by atoms with Crippen molar-refractivity contribution in [2.45, 2.75) is 20.0 Å². The van der Waals surface area contributed by atoms with Crippen molar-refractivity contribution < 1.29 is 22.7 Å². The van der Waals surface area contributed by atoms with E-state index in [9.17, 15) is 17.6 Å². The van der Waals surface area contributed by atoms with Crippen LogP contribution in [0.4, 0.5) is 17.6 Å². The lowest BCUT2D eigenvalue weighted by molar-refractivity contribution is 0.262. The largest absolute Gasteiger partial charge is 0.391 e. The van der Waals surface area contributed by atoms with E-state index < -0.39 is 41.0 Å². The number of aliphatic hydroxyl groups is 1. The van der Waals surface area contributed by atoms with Gasteiger partial charge in [0, 0.05) is 17.5 Å². The molecule has 0 aliphatic carbocycles. The SMILES string of the molecule is C/C(=C/Cl)Cc1c(F)c(F)c(CO)c(F)c1F. The Labute approximate surface area is 100 Å². The van der Waals surface area contributed by atoms with E-state index in [2.05, 4.69) is 0 Å². The fraction of sp³-hybridized carbons (Fsp3) is 0.273. The van der Waals surface area contributed by atoms with Crippen LogP contribution in [0.15, 0.2) is 11.1 Å². The number of rotatable bonds is 3. The fourth-order valence-electron chi connectivity index (χ4n) is 1.33. The van der Waals surface area contributed by atoms with Gasteiger partial charge in [-0.2, -0.15) is 0 Å². The summed E-state index contributed by atoms with van der Waals surface area (Å²) in [5.74, 6) is -6.18. The molecule has 0 saturated carbocycles. The van der Waals surface area contributed by atoms with Gasteiger partial charge in [-0.3, -0.25) is 0 Å². The standard InChI is InChI=1S/C11H9ClF4O/c1-5(3-12)2-6-8(13)10(15)7(4-17)11(16)9(6)14/h3,17H,2,4H2,1H3/b5-3-. The van der Waals surface area contributed by atoms with E-state index in [1.54, 1.807) is 0 Å². The van der Waals surface area contributed by atoms with Crippen LogP contribution >= 0.6 is 11.6 Å². The monoisotopic (exact) mass is 268 g/mol. The molecular weight excluding hydrogens is 260 g/mol. The maximum atomic E-state index is 13.4. The van der Waals surface area contributed by atoms with Crippen molar-refractivity contribution in [2.24, 2.45) is 0 Å². The van der Waals surface area contributed by atoms with E-state index in [-0.39, 0.29) is 6.42 Å². The first-order chi connectivity index (χ1) is 7.93. The molecule has 1 aromatic carbocycles. The Hall–Kier alpha value is -1.07. The van der Waals surface area contributed by atoms with E-state index in [1.165, 1.54) is 6.92 Å². The molecule has 94 valence electrons. The lowest BCUT2D eigenvalue weighted by Gasteiger charge is -2.10. The Morgan fingerprint density at radius 3 is 1.82 bits per heavy atom. The van der Waals surface area contributed by atoms with Crippen molar-refractivity contribution in [1.82, 2.24) is 0 Å². The second kappa shape index (κ2) is 5.51. The Morgan fingerprint density at radius 1 is 1.06 bits per heavy atom. The van der Waals surface area contributed by atoms with Gasteiger partial charge in [-0.15, -0.1) is 0 Å². The van der Waals surface area contributed by atoms with Gasteiger partial charge in [0.05, 0.1) is 12.2 Å². The highest BCUT2D eigenvalue weighted by Crippen LogP contribution is 2.26. The second-order valence-corrected chi connectivity index (χ2v) is 3.72. The van der Waals surface area contributed by atoms with Gasteiger partial charge in [0.1, 0.15) is 0 Å². The molecule has 0 aromatic heterocycles. The smallest absolute Gasteiger partial charge is 0.167 e. The summed E-state index contributed by atoms with van der Waals surface area (Å²) >= 11 is 5.31. The van der Waals surface area contributed by atoms with Gasteiger partial charge in [0.25, 0.3) is 0 Å². The van der Waals surface area contributed by atoms with Crippen LogP contribution in [0.3, 0.4) is 0 Å². The second-order valence-electron chi connectivity index (χ2n) is 3.50. The maximum absolute atomic E-state index is 13.4. The zero-order valence-corrected chi connectivity index (χ0v) is 9.58. The molecule has 0 amide bonds. The molecule has 0 saturated heterocycles. The highest BCUT2D eigenvalue weighted by Gasteiger charge is 2.24. The minimum Gasteiger partial charge on any atom is -0.391 e. The van der Waals surface area contributed by atoms with Crippen LogP contribution in [0.2, 0.25) is 0 Å². The predicted octanol–water partition coefficient (Wildman–Crippen LogP) is 3.42. The van der Waals surface area contributed by atoms with Crippen LogP contribution < -0.4 is 0 Å². The first kappa shape index (κ1) is 14.0. The number of halogens is 5. The Morgan fingerprint density at radius 2 is 1.47 bits per heavy atom. The molecule has 6 heteroatoms. The number of hydrogen-bond donors (Lipinski definition) is 1. The summed E-state index contributed by atoms with van der Waals surface area (Å²) in [5, 5.41) is 8.62. The Bertz CT molecular complexity index is 442. The van der Waals surface area contributed by atoms with Gasteiger partial charge in [0.2, 0.25) is 0 Å². The van der Waals surface area contributed by atoms with E-state index in [4.69, 9.17) is 16.7 Å². The highest BCUT2D eigenvalue weighted by atomic mass is 35.5. The van der Waals surface area contributed by atoms with Crippen LogP contribution in [-0.2, 0) is 13.0 Å². The van der Waals surface area contributed by atoms with Crippen molar-refractivity contribution >= 4 is 11.6 Å². The fourth-order valence-corrected chi connectivity index (χ4v) is 1.41. The van der Waals surface area contributed by atoms with Crippen LogP contribution in [-0.4, -0.2) is 5.11 Å². The average molecular weight is 269 g/mol. The Kier molecular flexibility index (Phi) is 4.54. The summed E-state index contributed by atoms with van der Waals surface area (Å²) < 4.78 is 53.4. The van der Waals surface area contributed by atoms with Crippen molar-refractivity contribution in [3.8, 4) is 0 Å². The molecule has 0 fully saturated rings. The zero-order chi connectivity index (χ0) is 13.2. The molecule has 0 aliphatic rings. The highest BCUT2D eigenvalue weighted by molar-refractivity contribution is 6.25. The molecule has 17 heavy (non-hydrogen) atoms. The summed E-state index contributed by atoms with van der Waals surface area (Å²) in [6, 6.07) is 0. The van der Waals surface area contributed by atoms with Crippen LogP contribution in [0, 0.1) is 23.3 Å². The number of hydrogen-bond acceptors (Lipinski definition) is 1. The number of allylic oxidation sites excluding steroid dienone is 1. The summed E-state index contributed by atoms with van der Waals surface area (Å²) in [6.07, 6.45) is -0.347. The third kappa shape index (κ3) is 2.61. The minimum atomic E-state index is -1.58. The van der Waals surface area contributed by atoms with Gasteiger partial charge in [-0.25, -0.2) is 17.6 Å². The molecule has 1 rings (SSSR count). The van der Waals surface area contributed by atoms with Gasteiger partial charge < -0.3 is 5.11 Å². The molecule has 1 nitrogen and oxygen atoms in total. The van der Waals surface area contributed by atoms with Gasteiger partial charge in [-0.1, -0.05) is 17.2 Å². The van der Waals surface area contributed by atoms with Gasteiger partial charge >= 0.3 is 0 Å². The molecule has 0 spiro atoms. The molecule has 0 aliphatic heterocycles. The van der Waals surface area contributed by atoms with Crippen molar-refractivity contribution in [1.29, 1.82) is 0 Å². The van der Waals surface area contributed by atoms with Crippen LogP contribution in [0.1, 0.15) is 18.1 Å². The third-order valence-electron chi connectivity index (χ3n) is 2.25. The lowest BCUT2D eigenvalue weighted by atomic mass is 10.0. The lowest BCUT2D eigenvalue weighted by Crippen LogP contribution is -2.09. The summed E-state index contributed by atoms with van der Waals surface area (Å²) in [7, 11) is 0. The molecular formula is C11H9ClF4O. The van der Waals surface area contributed by atoms with Gasteiger partial charge in [-0.05, 0) is 6.92 Å². The van der Waals surface area contributed by atoms with E-state index in [1.807, 2.05) is 0 Å². The van der Waals surface area contributed by atoms with Gasteiger partial charge in [0.15, 0.2) is 23.3 Å². The first-order valence-electron chi connectivity index (χ1n) is 4.64. The predicted molar refractivity (Wildman–Crippen MR) is 55.5 cm³/mol. The molecule has 0 unspecified atom stereocenters. The average Bonchev–Trinajstić information content (AvgIpc) is 2.32. The van der Waals surface area contributed by atoms with E-state index in [0.717, 1.165) is 5.54 Å². The topological polar surface area (TPSA) is 20.2 Å². The van der Waals surface area contributed by atoms with E-state index >= 15 is 0 Å². The quantitative estimate of drug-likeness (QED) is 0.658. The van der Waals surface area contributed by atoms with Crippen molar-refractivity contribution in [3.63, 3.8) is 0 Å². The van der Waals surface area contributed by atoms with Crippen LogP contribution in [0.25, 0.3) is 0 Å². The summed E-state index contributed by atoms with van der Waals surface area (Å²) in [5.41, 5.74) is -0.350. The maximum Gasteiger partial charge on any atom is 0.167 e. The summed E-state index contributed by atoms with van der Waals surface area (Å²) in [6.45, 7) is 0.345. The molecule has 0 radical (unpaired) electrons. The zero-order valence-electron chi connectivity index (χ0n) is 8.83. The minimum absolute atomic E-state index is 0.347. The Balaban J connectivity index is 3.42. The van der Waals surface area contributed by atoms with E-state index in [0.29, 0.717) is 5.57 Å². The molecule has 0 bridgehead atoms. The number of aliphatic hydroxyl groups excluding tert-OH is 1. The molecule has 1 aromatic rings. The normalized spacial score (nSPS) is 12.1. The molecule has 0 heterocycles. The summed E-state index contributed by atoms with van der Waals surface area (Å²) in [4.78, 5) is 0. The third-order valence-corrected chi connectivity index (χ3v) is 2.62. The van der Waals surface area contributed by atoms with Crippen LogP contribution in [0.5, 0.6) is 0 Å². The first-order valence-corrected chi connectivity index (χ1v) is 5.08. The molecule has 1 N–H and O–H groups in total. The van der Waals surface area contributed by atoms with Crippen molar-refractivity contribution in [3.05, 3.63) is 45.5 Å².